The van der Waals surface area contributed by atoms with Gasteiger partial charge >= 0.3 is 24.5 Å². The van der Waals surface area contributed by atoms with Gasteiger partial charge in [0.2, 0.25) is 0 Å². The number of rotatable bonds is 2. The van der Waals surface area contributed by atoms with Crippen LogP contribution in [0.3, 0.4) is 0 Å². The summed E-state index contributed by atoms with van der Waals surface area (Å²) < 4.78 is 142. The Morgan fingerprint density at radius 1 is 0.500 bits per heavy atom. The van der Waals surface area contributed by atoms with Crippen molar-refractivity contribution in [3.63, 3.8) is 0 Å². The van der Waals surface area contributed by atoms with Crippen LogP contribution in [0, 0.1) is 0 Å². The molecule has 0 spiro atoms. The maximum Gasteiger partial charge on any atom is 0.457 e. The lowest BCUT2D eigenvalue weighted by Gasteiger charge is -2.36. The molecule has 0 saturated carbocycles. The highest BCUT2D eigenvalue weighted by molar-refractivity contribution is 5.04. The second kappa shape index (κ2) is 4.08. The molecular formula is C6H2F12. The molecule has 1 atom stereocenters. The van der Waals surface area contributed by atoms with Crippen molar-refractivity contribution in [2.75, 3.05) is 0 Å². The lowest BCUT2D eigenvalue weighted by Crippen LogP contribution is -2.63. The highest BCUT2D eigenvalue weighted by Gasteiger charge is 2.82. The topological polar surface area (TPSA) is 0 Å². The second-order valence-corrected chi connectivity index (χ2v) is 3.16. The minimum absolute atomic E-state index is 4.00. The Balaban J connectivity index is 5.81. The van der Waals surface area contributed by atoms with E-state index in [1.54, 1.807) is 0 Å². The van der Waals surface area contributed by atoms with Gasteiger partial charge in [-0.2, -0.15) is 48.3 Å². The molecule has 0 radical (unpaired) electrons. The van der Waals surface area contributed by atoms with Gasteiger partial charge in [0, 0.05) is 0 Å². The van der Waals surface area contributed by atoms with Crippen molar-refractivity contribution >= 4 is 0 Å². The minimum atomic E-state index is -7.23. The molecule has 0 bridgehead atoms. The third-order valence-electron chi connectivity index (χ3n) is 1.75. The van der Waals surface area contributed by atoms with E-state index in [-0.39, 0.29) is 0 Å². The zero-order chi connectivity index (χ0) is 15.2. The molecule has 0 saturated heterocycles. The molecule has 0 aromatic carbocycles. The fourth-order valence-corrected chi connectivity index (χ4v) is 0.890. The molecule has 1 unspecified atom stereocenters. The van der Waals surface area contributed by atoms with Crippen molar-refractivity contribution in [2.24, 2.45) is 0 Å². The van der Waals surface area contributed by atoms with Gasteiger partial charge in [0.05, 0.1) is 6.42 Å². The molecule has 0 fully saturated rings. The second-order valence-electron chi connectivity index (χ2n) is 3.16. The first-order valence-corrected chi connectivity index (χ1v) is 3.72. The Kier molecular flexibility index (Phi) is 3.89. The molecule has 0 heterocycles. The van der Waals surface area contributed by atoms with E-state index in [1.807, 2.05) is 0 Å². The van der Waals surface area contributed by atoms with Gasteiger partial charge in [0.15, 0.2) is 0 Å². The Hall–Kier alpha value is -0.840. The van der Waals surface area contributed by atoms with Gasteiger partial charge in [-0.3, -0.25) is 0 Å². The van der Waals surface area contributed by atoms with Crippen LogP contribution in [0.4, 0.5) is 52.7 Å². The molecule has 0 aliphatic heterocycles. The molecule has 0 nitrogen and oxygen atoms in total. The maximum absolute atomic E-state index is 12.8. The van der Waals surface area contributed by atoms with E-state index in [4.69, 9.17) is 0 Å². The van der Waals surface area contributed by atoms with E-state index in [0.717, 1.165) is 0 Å². The summed E-state index contributed by atoms with van der Waals surface area (Å²) in [6.45, 7) is 0. The molecule has 0 aromatic rings. The number of hydrogen-bond acceptors (Lipinski definition) is 0. The smallest absolute Gasteiger partial charge is 0.226 e. The zero-order valence-corrected chi connectivity index (χ0v) is 7.74. The molecule has 0 N–H and O–H groups in total. The SMILES string of the molecule is FC(F)(F)CC(F)(C(F)(F)F)C(F)(F)C(F)(F)F. The van der Waals surface area contributed by atoms with E-state index in [1.165, 1.54) is 0 Å². The van der Waals surface area contributed by atoms with Crippen molar-refractivity contribution in [2.45, 2.75) is 36.5 Å². The van der Waals surface area contributed by atoms with Crippen LogP contribution in [0.25, 0.3) is 0 Å². The van der Waals surface area contributed by atoms with Crippen molar-refractivity contribution < 1.29 is 52.7 Å². The van der Waals surface area contributed by atoms with Crippen molar-refractivity contribution in [1.82, 2.24) is 0 Å². The Morgan fingerprint density at radius 3 is 1.00 bits per heavy atom. The largest absolute Gasteiger partial charge is 0.457 e. The van der Waals surface area contributed by atoms with Crippen molar-refractivity contribution in [1.29, 1.82) is 0 Å². The molecule has 110 valence electrons. The monoisotopic (exact) mass is 302 g/mol. The van der Waals surface area contributed by atoms with Crippen LogP contribution in [0.2, 0.25) is 0 Å². The summed E-state index contributed by atoms with van der Waals surface area (Å²) in [6, 6.07) is 0. The van der Waals surface area contributed by atoms with Gasteiger partial charge in [0.1, 0.15) is 0 Å². The first kappa shape index (κ1) is 17.2. The lowest BCUT2D eigenvalue weighted by atomic mass is 9.92. The van der Waals surface area contributed by atoms with Gasteiger partial charge in [-0.1, -0.05) is 0 Å². The summed E-state index contributed by atoms with van der Waals surface area (Å²) in [5, 5.41) is 0. The summed E-state index contributed by atoms with van der Waals surface area (Å²) in [4.78, 5) is 0. The average Bonchev–Trinajstić information content (AvgIpc) is 1.95. The van der Waals surface area contributed by atoms with Gasteiger partial charge in [0.25, 0.3) is 5.67 Å². The average molecular weight is 302 g/mol. The fraction of sp³-hybridized carbons (Fsp3) is 1.00. The number of alkyl halides is 12. The van der Waals surface area contributed by atoms with Crippen LogP contribution in [0.15, 0.2) is 0 Å². The van der Waals surface area contributed by atoms with Crippen molar-refractivity contribution in [3.05, 3.63) is 0 Å². The summed E-state index contributed by atoms with van der Waals surface area (Å²) >= 11 is 0. The highest BCUT2D eigenvalue weighted by atomic mass is 19.4. The standard InChI is InChI=1S/C6H2F12/c7-2(5(13,14)15,1-3(8,9)10)4(11,12)6(16,17)18/h1H2. The minimum Gasteiger partial charge on any atom is -0.226 e. The van der Waals surface area contributed by atoms with Crippen molar-refractivity contribution in [3.8, 4) is 0 Å². The predicted octanol–water partition coefficient (Wildman–Crippen LogP) is 4.41. The summed E-state index contributed by atoms with van der Waals surface area (Å²) in [5.41, 5.74) is -6.78. The summed E-state index contributed by atoms with van der Waals surface area (Å²) in [5.74, 6) is -7.23. The fourth-order valence-electron chi connectivity index (χ4n) is 0.890. The molecule has 0 amide bonds. The van der Waals surface area contributed by atoms with E-state index in [0.29, 0.717) is 0 Å². The van der Waals surface area contributed by atoms with Crippen LogP contribution >= 0.6 is 0 Å². The van der Waals surface area contributed by atoms with Crippen LogP contribution in [-0.4, -0.2) is 30.1 Å². The van der Waals surface area contributed by atoms with E-state index in [9.17, 15) is 52.7 Å². The van der Waals surface area contributed by atoms with E-state index in [2.05, 4.69) is 0 Å². The van der Waals surface area contributed by atoms with E-state index < -0.39 is 36.5 Å². The van der Waals surface area contributed by atoms with Crippen LogP contribution in [0.1, 0.15) is 6.42 Å². The van der Waals surface area contributed by atoms with E-state index >= 15 is 0 Å². The molecular weight excluding hydrogens is 300 g/mol. The molecule has 0 aromatic heterocycles. The number of halogens is 12. The van der Waals surface area contributed by atoms with Gasteiger partial charge in [-0.15, -0.1) is 0 Å². The first-order chi connectivity index (χ1) is 7.46. The quantitative estimate of drug-likeness (QED) is 0.663. The van der Waals surface area contributed by atoms with Gasteiger partial charge in [-0.05, 0) is 0 Å². The van der Waals surface area contributed by atoms with Gasteiger partial charge in [-0.25, -0.2) is 4.39 Å². The number of hydrogen-bond donors (Lipinski definition) is 0. The first-order valence-electron chi connectivity index (χ1n) is 3.72. The molecule has 0 aliphatic carbocycles. The molecule has 0 rings (SSSR count). The van der Waals surface area contributed by atoms with Crippen LogP contribution in [-0.2, 0) is 0 Å². The van der Waals surface area contributed by atoms with Crippen LogP contribution in [0.5, 0.6) is 0 Å². The highest BCUT2D eigenvalue weighted by Crippen LogP contribution is 2.56. The summed E-state index contributed by atoms with van der Waals surface area (Å²) in [7, 11) is 0. The van der Waals surface area contributed by atoms with Gasteiger partial charge < -0.3 is 0 Å². The summed E-state index contributed by atoms with van der Waals surface area (Å²) in [6.07, 6.45) is -24.4. The Labute approximate surface area is 90.6 Å². The molecule has 0 aliphatic rings. The Morgan fingerprint density at radius 2 is 0.833 bits per heavy atom. The molecule has 18 heavy (non-hydrogen) atoms. The lowest BCUT2D eigenvalue weighted by molar-refractivity contribution is -0.396. The third kappa shape index (κ3) is 2.94. The predicted molar refractivity (Wildman–Crippen MR) is 31.6 cm³/mol. The maximum atomic E-state index is 12.8. The normalized spacial score (nSPS) is 18.7. The Bertz CT molecular complexity index is 291. The molecule has 12 heteroatoms. The third-order valence-corrected chi connectivity index (χ3v) is 1.75. The zero-order valence-electron chi connectivity index (χ0n) is 7.74. The van der Waals surface area contributed by atoms with Crippen LogP contribution < -0.4 is 0 Å².